The molecule has 0 bridgehead atoms. The van der Waals surface area contributed by atoms with Gasteiger partial charge in [0.1, 0.15) is 0 Å². The van der Waals surface area contributed by atoms with E-state index >= 15 is 0 Å². The van der Waals surface area contributed by atoms with Gasteiger partial charge in [-0.2, -0.15) is 10.5 Å². The Kier molecular flexibility index (Phi) is 6.61. The maximum Gasteiger partial charge on any atom is 0.0992 e. The minimum atomic E-state index is 0.599. The predicted octanol–water partition coefficient (Wildman–Crippen LogP) is 12.4. The molecule has 0 N–H and O–H groups in total. The number of benzene rings is 8. The van der Waals surface area contributed by atoms with Gasteiger partial charge in [0.25, 0.3) is 0 Å². The van der Waals surface area contributed by atoms with Crippen molar-refractivity contribution in [3.05, 3.63) is 187 Å². The lowest BCUT2D eigenvalue weighted by molar-refractivity contribution is 1.17. The van der Waals surface area contributed by atoms with Crippen LogP contribution in [0.5, 0.6) is 0 Å². The maximum absolute atomic E-state index is 10.2. The maximum atomic E-state index is 10.2. The fraction of sp³-hybridized carbons (Fsp3) is 0. The second-order valence-corrected chi connectivity index (χ2v) is 14.0. The third kappa shape index (κ3) is 4.51. The van der Waals surface area contributed by atoms with Crippen molar-refractivity contribution < 1.29 is 0 Å². The highest BCUT2D eigenvalue weighted by atomic mass is 15.0. The normalized spacial score (nSPS) is 11.6. The van der Waals surface area contributed by atoms with E-state index in [0.717, 1.165) is 72.1 Å². The van der Waals surface area contributed by atoms with Crippen molar-refractivity contribution in [1.82, 2.24) is 13.7 Å². The van der Waals surface area contributed by atoms with E-state index in [4.69, 9.17) is 0 Å². The average molecular weight is 700 g/mol. The fourth-order valence-electron chi connectivity index (χ4n) is 8.74. The Morgan fingerprint density at radius 2 is 0.855 bits per heavy atom. The Labute approximate surface area is 316 Å². The number of rotatable bonds is 4. The lowest BCUT2D eigenvalue weighted by atomic mass is 10.0. The molecule has 0 fully saturated rings. The molecule has 0 aliphatic heterocycles. The van der Waals surface area contributed by atoms with Crippen molar-refractivity contribution in [1.29, 1.82) is 10.5 Å². The van der Waals surface area contributed by atoms with Crippen molar-refractivity contribution in [2.75, 3.05) is 0 Å². The summed E-state index contributed by atoms with van der Waals surface area (Å²) in [6.07, 6.45) is 0. The van der Waals surface area contributed by atoms with Crippen molar-refractivity contribution >= 4 is 65.4 Å². The van der Waals surface area contributed by atoms with Crippen LogP contribution in [0.2, 0.25) is 0 Å². The lowest BCUT2D eigenvalue weighted by Crippen LogP contribution is -1.97. The zero-order valence-electron chi connectivity index (χ0n) is 29.5. The molecule has 0 saturated carbocycles. The van der Waals surface area contributed by atoms with Crippen LogP contribution in [0.1, 0.15) is 11.1 Å². The SMILES string of the molecule is N#Cc1cc(-c2ccc(-n3c4cc(C#N)ccc4c4c(-n5c6ccccc6c6ccccc65)cccc43)cc2)cc(-n2c3ccccc3c3ccccc32)c1. The minimum absolute atomic E-state index is 0.599. The van der Waals surface area contributed by atoms with Crippen LogP contribution in [-0.4, -0.2) is 13.7 Å². The molecule has 0 aliphatic carbocycles. The monoisotopic (exact) mass is 699 g/mol. The summed E-state index contributed by atoms with van der Waals surface area (Å²) in [6, 6.07) is 65.9. The number of fused-ring (bicyclic) bond motifs is 9. The van der Waals surface area contributed by atoms with E-state index in [-0.39, 0.29) is 0 Å². The van der Waals surface area contributed by atoms with Crippen LogP contribution in [0.15, 0.2) is 176 Å². The topological polar surface area (TPSA) is 62.4 Å². The molecule has 0 unspecified atom stereocenters. The Bertz CT molecular complexity index is 3350. The molecule has 254 valence electrons. The summed E-state index contributed by atoms with van der Waals surface area (Å²) < 4.78 is 6.89. The number of nitrogens with zero attached hydrogens (tertiary/aromatic N) is 5. The highest BCUT2D eigenvalue weighted by Crippen LogP contribution is 2.41. The first kappa shape index (κ1) is 30.7. The Morgan fingerprint density at radius 3 is 1.44 bits per heavy atom. The molecule has 3 aromatic heterocycles. The predicted molar refractivity (Wildman–Crippen MR) is 224 cm³/mol. The van der Waals surface area contributed by atoms with Gasteiger partial charge < -0.3 is 13.7 Å². The van der Waals surface area contributed by atoms with Crippen LogP contribution >= 0.6 is 0 Å². The summed E-state index contributed by atoms with van der Waals surface area (Å²) in [5.74, 6) is 0. The van der Waals surface area contributed by atoms with Crippen LogP contribution in [0.3, 0.4) is 0 Å². The van der Waals surface area contributed by atoms with Crippen LogP contribution in [0.25, 0.3) is 93.6 Å². The molecule has 5 nitrogen and oxygen atoms in total. The number of nitriles is 2. The molecule has 3 heterocycles. The van der Waals surface area contributed by atoms with Crippen LogP contribution in [-0.2, 0) is 0 Å². The molecule has 11 aromatic rings. The number of hydrogen-bond acceptors (Lipinski definition) is 2. The van der Waals surface area contributed by atoms with Crippen LogP contribution in [0.4, 0.5) is 0 Å². The van der Waals surface area contributed by atoms with Crippen molar-refractivity contribution in [3.8, 4) is 40.3 Å². The first-order valence-corrected chi connectivity index (χ1v) is 18.3. The van der Waals surface area contributed by atoms with E-state index in [1.54, 1.807) is 0 Å². The third-order valence-corrected chi connectivity index (χ3v) is 11.1. The van der Waals surface area contributed by atoms with E-state index in [0.29, 0.717) is 11.1 Å². The summed E-state index contributed by atoms with van der Waals surface area (Å²) in [5, 5.41) is 27.2. The Morgan fingerprint density at radius 1 is 0.327 bits per heavy atom. The van der Waals surface area contributed by atoms with Crippen molar-refractivity contribution in [2.45, 2.75) is 0 Å². The zero-order chi connectivity index (χ0) is 36.6. The van der Waals surface area contributed by atoms with E-state index in [2.05, 4.69) is 177 Å². The quantitative estimate of drug-likeness (QED) is 0.184. The van der Waals surface area contributed by atoms with Gasteiger partial charge in [-0.25, -0.2) is 0 Å². The molecule has 0 radical (unpaired) electrons. The summed E-state index contributed by atoms with van der Waals surface area (Å²) in [7, 11) is 0. The molecule has 0 amide bonds. The van der Waals surface area contributed by atoms with Crippen molar-refractivity contribution in [3.63, 3.8) is 0 Å². The van der Waals surface area contributed by atoms with E-state index in [1.165, 1.54) is 21.5 Å². The summed E-state index contributed by atoms with van der Waals surface area (Å²) in [6.45, 7) is 0. The standard InChI is InChI=1S/C50H29N5/c51-30-32-20-25-42-49(28-32)53(47-18-9-19-48(50(42)47)55-45-16-7-3-12-40(45)41-13-4-8-17-46(41)55)36-23-21-34(22-24-36)35-26-33(31-52)27-37(29-35)54-43-14-5-1-10-38(43)39-11-2-6-15-44(39)54/h1-29H. The van der Waals surface area contributed by atoms with Gasteiger partial charge in [-0.05, 0) is 90.0 Å². The first-order valence-electron chi connectivity index (χ1n) is 18.3. The van der Waals surface area contributed by atoms with Gasteiger partial charge >= 0.3 is 0 Å². The molecule has 0 saturated heterocycles. The van der Waals surface area contributed by atoms with Gasteiger partial charge in [0, 0.05) is 43.7 Å². The summed E-state index contributed by atoms with van der Waals surface area (Å²) in [4.78, 5) is 0. The second-order valence-electron chi connectivity index (χ2n) is 14.0. The fourth-order valence-corrected chi connectivity index (χ4v) is 8.74. The molecule has 8 aromatic carbocycles. The first-order chi connectivity index (χ1) is 27.2. The van der Waals surface area contributed by atoms with Gasteiger partial charge in [0.15, 0.2) is 0 Å². The van der Waals surface area contributed by atoms with Gasteiger partial charge in [0.2, 0.25) is 0 Å². The molecule has 0 spiro atoms. The average Bonchev–Trinajstić information content (AvgIpc) is 3.89. The zero-order valence-corrected chi connectivity index (χ0v) is 29.5. The summed E-state index contributed by atoms with van der Waals surface area (Å²) >= 11 is 0. The molecule has 0 aliphatic rings. The van der Waals surface area contributed by atoms with E-state index in [1.807, 2.05) is 24.3 Å². The van der Waals surface area contributed by atoms with Crippen LogP contribution < -0.4 is 0 Å². The molecular weight excluding hydrogens is 671 g/mol. The van der Waals surface area contributed by atoms with Gasteiger partial charge in [0.05, 0.1) is 62.1 Å². The highest BCUT2D eigenvalue weighted by molar-refractivity contribution is 6.16. The van der Waals surface area contributed by atoms with E-state index in [9.17, 15) is 10.5 Å². The largest absolute Gasteiger partial charge is 0.309 e. The summed E-state index contributed by atoms with van der Waals surface area (Å²) in [5.41, 5.74) is 12.7. The molecular formula is C50H29N5. The highest BCUT2D eigenvalue weighted by Gasteiger charge is 2.20. The number of aromatic nitrogens is 3. The van der Waals surface area contributed by atoms with Crippen molar-refractivity contribution in [2.24, 2.45) is 0 Å². The lowest BCUT2D eigenvalue weighted by Gasteiger charge is -2.13. The molecule has 11 rings (SSSR count). The minimum Gasteiger partial charge on any atom is -0.309 e. The van der Waals surface area contributed by atoms with Crippen LogP contribution in [0, 0.1) is 22.7 Å². The Hall–Kier alpha value is -7.86. The van der Waals surface area contributed by atoms with Gasteiger partial charge in [-0.1, -0.05) is 97.1 Å². The van der Waals surface area contributed by atoms with E-state index < -0.39 is 0 Å². The molecule has 0 atom stereocenters. The molecule has 5 heteroatoms. The number of para-hydroxylation sites is 4. The number of hydrogen-bond donors (Lipinski definition) is 0. The smallest absolute Gasteiger partial charge is 0.0992 e. The third-order valence-electron chi connectivity index (χ3n) is 11.1. The molecule has 55 heavy (non-hydrogen) atoms. The Balaban J connectivity index is 1.10. The van der Waals surface area contributed by atoms with Gasteiger partial charge in [-0.15, -0.1) is 0 Å². The second kappa shape index (κ2) is 11.8. The van der Waals surface area contributed by atoms with Gasteiger partial charge in [-0.3, -0.25) is 0 Å².